The fourth-order valence-corrected chi connectivity index (χ4v) is 1.98. The number of morpholine rings is 1. The van der Waals surface area contributed by atoms with Gasteiger partial charge in [0.15, 0.2) is 0 Å². The van der Waals surface area contributed by atoms with Gasteiger partial charge in [-0.15, -0.1) is 11.6 Å². The zero-order valence-corrected chi connectivity index (χ0v) is 9.76. The molecular weight excluding hydrogens is 235 g/mol. The Morgan fingerprint density at radius 3 is 2.73 bits per heavy atom. The Balaban J connectivity index is 2.20. The molecular formula is C10H12Cl2N2O. The van der Waals surface area contributed by atoms with E-state index in [-0.39, 0.29) is 0 Å². The lowest BCUT2D eigenvalue weighted by Gasteiger charge is -2.28. The minimum Gasteiger partial charge on any atom is -0.378 e. The second-order valence-electron chi connectivity index (χ2n) is 3.33. The van der Waals surface area contributed by atoms with Crippen molar-refractivity contribution in [2.75, 3.05) is 31.2 Å². The smallest absolute Gasteiger partial charge is 0.129 e. The Labute approximate surface area is 98.9 Å². The van der Waals surface area contributed by atoms with E-state index in [1.54, 1.807) is 0 Å². The molecule has 1 aliphatic rings. The van der Waals surface area contributed by atoms with Gasteiger partial charge in [-0.1, -0.05) is 11.6 Å². The highest BCUT2D eigenvalue weighted by atomic mass is 35.5. The third-order valence-electron chi connectivity index (χ3n) is 2.37. The van der Waals surface area contributed by atoms with Crippen LogP contribution in [-0.4, -0.2) is 31.3 Å². The molecule has 0 spiro atoms. The number of alkyl halides is 1. The number of anilines is 1. The van der Waals surface area contributed by atoms with E-state index in [0.717, 1.165) is 37.8 Å². The van der Waals surface area contributed by atoms with Crippen molar-refractivity contribution in [2.45, 2.75) is 5.88 Å². The summed E-state index contributed by atoms with van der Waals surface area (Å²) in [5.74, 6) is 1.27. The first-order chi connectivity index (χ1) is 7.31. The van der Waals surface area contributed by atoms with Gasteiger partial charge in [-0.25, -0.2) is 4.98 Å². The number of hydrogen-bond acceptors (Lipinski definition) is 3. The van der Waals surface area contributed by atoms with Crippen molar-refractivity contribution in [3.05, 3.63) is 22.8 Å². The second kappa shape index (κ2) is 5.01. The van der Waals surface area contributed by atoms with Crippen LogP contribution in [0.2, 0.25) is 5.02 Å². The summed E-state index contributed by atoms with van der Waals surface area (Å²) in [5, 5.41) is 0.627. The second-order valence-corrected chi connectivity index (χ2v) is 4.01. The predicted octanol–water partition coefficient (Wildman–Crippen LogP) is 2.31. The summed E-state index contributed by atoms with van der Waals surface area (Å²) in [5.41, 5.74) is 0.738. The van der Waals surface area contributed by atoms with Crippen LogP contribution in [0.15, 0.2) is 12.1 Å². The van der Waals surface area contributed by atoms with Crippen molar-refractivity contribution in [1.29, 1.82) is 0 Å². The monoisotopic (exact) mass is 246 g/mol. The van der Waals surface area contributed by atoms with Gasteiger partial charge in [-0.3, -0.25) is 0 Å². The van der Waals surface area contributed by atoms with Crippen molar-refractivity contribution in [1.82, 2.24) is 4.98 Å². The number of hydrogen-bond donors (Lipinski definition) is 0. The lowest BCUT2D eigenvalue weighted by Crippen LogP contribution is -2.36. The summed E-state index contributed by atoms with van der Waals surface area (Å²) in [6.07, 6.45) is 0. The molecule has 1 aliphatic heterocycles. The Hall–Kier alpha value is -0.510. The van der Waals surface area contributed by atoms with E-state index in [2.05, 4.69) is 9.88 Å². The molecule has 1 fully saturated rings. The quantitative estimate of drug-likeness (QED) is 0.750. The summed E-state index contributed by atoms with van der Waals surface area (Å²) < 4.78 is 5.28. The Morgan fingerprint density at radius 2 is 2.07 bits per heavy atom. The zero-order chi connectivity index (χ0) is 10.7. The summed E-state index contributed by atoms with van der Waals surface area (Å²) in [6, 6.07) is 3.76. The van der Waals surface area contributed by atoms with Crippen LogP contribution in [0.25, 0.3) is 0 Å². The van der Waals surface area contributed by atoms with Crippen molar-refractivity contribution in [2.24, 2.45) is 0 Å². The van der Waals surface area contributed by atoms with E-state index in [1.807, 2.05) is 12.1 Å². The van der Waals surface area contributed by atoms with Crippen molar-refractivity contribution in [3.8, 4) is 0 Å². The average Bonchev–Trinajstić information content (AvgIpc) is 2.31. The molecule has 2 rings (SSSR count). The van der Waals surface area contributed by atoms with Crippen LogP contribution >= 0.6 is 23.2 Å². The van der Waals surface area contributed by atoms with E-state index in [1.165, 1.54) is 0 Å². The zero-order valence-electron chi connectivity index (χ0n) is 8.25. The van der Waals surface area contributed by atoms with Crippen molar-refractivity contribution in [3.63, 3.8) is 0 Å². The lowest BCUT2D eigenvalue weighted by atomic mass is 10.3. The van der Waals surface area contributed by atoms with Crippen molar-refractivity contribution >= 4 is 29.0 Å². The molecule has 0 amide bonds. The molecule has 3 nitrogen and oxygen atoms in total. The van der Waals surface area contributed by atoms with Gasteiger partial charge in [-0.2, -0.15) is 0 Å². The molecule has 82 valence electrons. The third-order valence-corrected chi connectivity index (χ3v) is 2.96. The van der Waals surface area contributed by atoms with E-state index >= 15 is 0 Å². The maximum absolute atomic E-state index is 5.95. The summed E-state index contributed by atoms with van der Waals surface area (Å²) in [4.78, 5) is 6.60. The summed E-state index contributed by atoms with van der Waals surface area (Å²) >= 11 is 11.7. The Bertz CT molecular complexity index is 340. The molecule has 0 aliphatic carbocycles. The minimum atomic E-state index is 0.344. The topological polar surface area (TPSA) is 25.4 Å². The number of ether oxygens (including phenoxy) is 1. The van der Waals surface area contributed by atoms with Crippen LogP contribution in [0.1, 0.15) is 5.69 Å². The molecule has 0 saturated carbocycles. The van der Waals surface area contributed by atoms with E-state index in [0.29, 0.717) is 10.9 Å². The van der Waals surface area contributed by atoms with Gasteiger partial charge in [0.25, 0.3) is 0 Å². The van der Waals surface area contributed by atoms with Gasteiger partial charge >= 0.3 is 0 Å². The maximum atomic E-state index is 5.95. The van der Waals surface area contributed by atoms with E-state index in [4.69, 9.17) is 27.9 Å². The highest BCUT2D eigenvalue weighted by molar-refractivity contribution is 6.32. The Kier molecular flexibility index (Phi) is 3.67. The molecule has 5 heteroatoms. The average molecular weight is 247 g/mol. The molecule has 0 unspecified atom stereocenters. The molecule has 1 aromatic rings. The first kappa shape index (κ1) is 11.0. The number of aromatic nitrogens is 1. The first-order valence-corrected chi connectivity index (χ1v) is 5.76. The molecule has 0 N–H and O–H groups in total. The van der Waals surface area contributed by atoms with Crippen LogP contribution < -0.4 is 4.90 Å². The number of nitrogens with zero attached hydrogens (tertiary/aromatic N) is 2. The predicted molar refractivity (Wildman–Crippen MR) is 61.8 cm³/mol. The van der Waals surface area contributed by atoms with E-state index in [9.17, 15) is 0 Å². The highest BCUT2D eigenvalue weighted by Gasteiger charge is 2.13. The molecule has 1 saturated heterocycles. The van der Waals surface area contributed by atoms with Gasteiger partial charge in [-0.05, 0) is 12.1 Å². The highest BCUT2D eigenvalue weighted by Crippen LogP contribution is 2.21. The van der Waals surface area contributed by atoms with Gasteiger partial charge in [0.05, 0.1) is 29.8 Å². The van der Waals surface area contributed by atoms with Crippen LogP contribution in [0.4, 0.5) is 5.82 Å². The number of pyridine rings is 1. The van der Waals surface area contributed by atoms with Crippen LogP contribution in [0, 0.1) is 0 Å². The summed E-state index contributed by atoms with van der Waals surface area (Å²) in [7, 11) is 0. The van der Waals surface area contributed by atoms with Crippen molar-refractivity contribution < 1.29 is 4.74 Å². The standard InChI is InChI=1S/C10H12Cl2N2O/c11-7-9-8(12)1-2-10(13-9)14-3-5-15-6-4-14/h1-2H,3-7H2. The number of rotatable bonds is 2. The molecule has 15 heavy (non-hydrogen) atoms. The molecule has 0 radical (unpaired) electrons. The normalized spacial score (nSPS) is 16.8. The molecule has 2 heterocycles. The third kappa shape index (κ3) is 2.54. The molecule has 0 atom stereocenters. The van der Waals surface area contributed by atoms with E-state index < -0.39 is 0 Å². The molecule has 0 bridgehead atoms. The van der Waals surface area contributed by atoms with Gasteiger partial charge in [0, 0.05) is 13.1 Å². The molecule has 0 aromatic carbocycles. The van der Waals surface area contributed by atoms with Gasteiger partial charge in [0.1, 0.15) is 5.82 Å². The maximum Gasteiger partial charge on any atom is 0.129 e. The molecule has 1 aromatic heterocycles. The summed E-state index contributed by atoms with van der Waals surface area (Å²) in [6.45, 7) is 3.24. The van der Waals surface area contributed by atoms with Gasteiger partial charge < -0.3 is 9.64 Å². The SMILES string of the molecule is ClCc1nc(N2CCOCC2)ccc1Cl. The minimum absolute atomic E-state index is 0.344. The fraction of sp³-hybridized carbons (Fsp3) is 0.500. The fourth-order valence-electron chi connectivity index (χ4n) is 1.54. The first-order valence-electron chi connectivity index (χ1n) is 4.85. The van der Waals surface area contributed by atoms with Crippen LogP contribution in [0.5, 0.6) is 0 Å². The largest absolute Gasteiger partial charge is 0.378 e. The van der Waals surface area contributed by atoms with Crippen LogP contribution in [0.3, 0.4) is 0 Å². The Morgan fingerprint density at radius 1 is 1.33 bits per heavy atom. The van der Waals surface area contributed by atoms with Crippen LogP contribution in [-0.2, 0) is 10.6 Å². The number of halogens is 2. The van der Waals surface area contributed by atoms with Gasteiger partial charge in [0.2, 0.25) is 0 Å². The lowest BCUT2D eigenvalue weighted by molar-refractivity contribution is 0.122.